The Balaban J connectivity index is 3.33. The molecule has 0 bridgehead atoms. The molecule has 0 saturated carbocycles. The fraction of sp³-hybridized carbons (Fsp3) is 0.500. The summed E-state index contributed by atoms with van der Waals surface area (Å²) in [6.07, 6.45) is 14.0. The lowest BCUT2D eigenvalue weighted by Gasteiger charge is -2.32. The average Bonchev–Trinajstić information content (AvgIpc) is 2.70. The van der Waals surface area contributed by atoms with Crippen LogP contribution in [0.5, 0.6) is 0 Å². The summed E-state index contributed by atoms with van der Waals surface area (Å²) in [6.45, 7) is 22.6. The zero-order chi connectivity index (χ0) is 23.6. The predicted molar refractivity (Wildman–Crippen MR) is 134 cm³/mol. The Bertz CT molecular complexity index is 842. The van der Waals surface area contributed by atoms with E-state index < -0.39 is 5.60 Å². The van der Waals surface area contributed by atoms with Crippen LogP contribution in [-0.2, 0) is 4.74 Å². The van der Waals surface area contributed by atoms with Crippen LogP contribution in [-0.4, -0.2) is 16.9 Å². The average molecular weight is 424 g/mol. The number of aliphatic hydroxyl groups is 1. The molecule has 0 aromatic carbocycles. The number of aliphatic imine (C=N–C) groups is 1. The minimum Gasteiger partial charge on any atom is -0.508 e. The predicted octanol–water partition coefficient (Wildman–Crippen LogP) is 8.16. The summed E-state index contributed by atoms with van der Waals surface area (Å²) in [4.78, 5) is 4.10. The molecule has 170 valence electrons. The second-order valence-electron chi connectivity index (χ2n) is 8.93. The molecule has 31 heavy (non-hydrogen) atoms. The first-order valence-electron chi connectivity index (χ1n) is 11.4. The zero-order valence-electron chi connectivity index (χ0n) is 20.6. The highest BCUT2D eigenvalue weighted by Crippen LogP contribution is 2.37. The third-order valence-corrected chi connectivity index (χ3v) is 5.76. The van der Waals surface area contributed by atoms with Gasteiger partial charge in [0.2, 0.25) is 0 Å². The summed E-state index contributed by atoms with van der Waals surface area (Å²) in [6, 6.07) is 0. The number of nitrogens with zero attached hydrogens (tertiary/aromatic N) is 1. The van der Waals surface area contributed by atoms with Crippen LogP contribution in [0, 0.1) is 11.8 Å². The van der Waals surface area contributed by atoms with Gasteiger partial charge in [0.25, 0.3) is 0 Å². The van der Waals surface area contributed by atoms with E-state index in [-0.39, 0.29) is 5.76 Å². The van der Waals surface area contributed by atoms with E-state index in [1.54, 1.807) is 12.4 Å². The van der Waals surface area contributed by atoms with E-state index in [0.29, 0.717) is 23.2 Å². The quantitative estimate of drug-likeness (QED) is 0.120. The number of unbranched alkanes of at least 4 members (excludes halogenated alkanes) is 2. The van der Waals surface area contributed by atoms with Crippen LogP contribution in [0.2, 0.25) is 0 Å². The number of ether oxygens (including phenoxy) is 1. The van der Waals surface area contributed by atoms with Crippen molar-refractivity contribution >= 4 is 6.21 Å². The normalized spacial score (nSPS) is 17.7. The highest BCUT2D eigenvalue weighted by atomic mass is 16.5. The fourth-order valence-corrected chi connectivity index (χ4v) is 3.58. The van der Waals surface area contributed by atoms with Gasteiger partial charge in [-0.3, -0.25) is 4.99 Å². The van der Waals surface area contributed by atoms with Crippen LogP contribution < -0.4 is 0 Å². The molecule has 0 radical (unpaired) electrons. The molecule has 1 rings (SSSR count). The topological polar surface area (TPSA) is 41.8 Å². The summed E-state index contributed by atoms with van der Waals surface area (Å²) < 4.78 is 6.18. The van der Waals surface area contributed by atoms with E-state index in [9.17, 15) is 5.11 Å². The highest BCUT2D eigenvalue weighted by molar-refractivity contribution is 5.61. The minimum atomic E-state index is -0.556. The van der Waals surface area contributed by atoms with Crippen LogP contribution >= 0.6 is 0 Å². The van der Waals surface area contributed by atoms with Gasteiger partial charge in [-0.15, -0.1) is 5.73 Å². The lowest BCUT2D eigenvalue weighted by molar-refractivity contribution is 0.0795. The van der Waals surface area contributed by atoms with Gasteiger partial charge < -0.3 is 9.84 Å². The zero-order valence-corrected chi connectivity index (χ0v) is 20.6. The molecular formula is C28H41NO2. The summed E-state index contributed by atoms with van der Waals surface area (Å²) in [7, 11) is 0. The highest BCUT2D eigenvalue weighted by Gasteiger charge is 2.29. The van der Waals surface area contributed by atoms with Crippen molar-refractivity contribution in [3.8, 4) is 0 Å². The first-order chi connectivity index (χ1) is 14.5. The second kappa shape index (κ2) is 12.4. The van der Waals surface area contributed by atoms with E-state index in [4.69, 9.17) is 4.74 Å². The van der Waals surface area contributed by atoms with Gasteiger partial charge in [0.1, 0.15) is 17.1 Å². The Labute approximate surface area is 190 Å². The monoisotopic (exact) mass is 423 g/mol. The summed E-state index contributed by atoms with van der Waals surface area (Å²) in [5.74, 6) is 1.51. The molecular weight excluding hydrogens is 382 g/mol. The van der Waals surface area contributed by atoms with E-state index >= 15 is 0 Å². The van der Waals surface area contributed by atoms with Crippen LogP contribution in [0.4, 0.5) is 0 Å². The molecule has 0 aromatic heterocycles. The lowest BCUT2D eigenvalue weighted by Crippen LogP contribution is -2.26. The Hall–Kier alpha value is -2.51. The van der Waals surface area contributed by atoms with Crippen LogP contribution in [0.15, 0.2) is 82.1 Å². The minimum absolute atomic E-state index is 0.0537. The van der Waals surface area contributed by atoms with Gasteiger partial charge in [-0.1, -0.05) is 59.6 Å². The number of hydrogen-bond donors (Lipinski definition) is 1. The van der Waals surface area contributed by atoms with Crippen molar-refractivity contribution in [3.63, 3.8) is 0 Å². The van der Waals surface area contributed by atoms with Gasteiger partial charge >= 0.3 is 0 Å². The van der Waals surface area contributed by atoms with E-state index in [2.05, 4.69) is 51.6 Å². The van der Waals surface area contributed by atoms with Crippen LogP contribution in [0.1, 0.15) is 74.1 Å². The third kappa shape index (κ3) is 8.26. The molecule has 0 saturated heterocycles. The van der Waals surface area contributed by atoms with Crippen molar-refractivity contribution in [1.82, 2.24) is 0 Å². The molecule has 1 heterocycles. The van der Waals surface area contributed by atoms with Gasteiger partial charge in [0.15, 0.2) is 0 Å². The van der Waals surface area contributed by atoms with Crippen LogP contribution in [0.3, 0.4) is 0 Å². The van der Waals surface area contributed by atoms with Crippen molar-refractivity contribution < 1.29 is 9.84 Å². The van der Waals surface area contributed by atoms with Gasteiger partial charge in [-0.2, -0.15) is 0 Å². The molecule has 2 atom stereocenters. The maximum absolute atomic E-state index is 10.4. The van der Waals surface area contributed by atoms with Crippen molar-refractivity contribution in [1.29, 1.82) is 0 Å². The van der Waals surface area contributed by atoms with Gasteiger partial charge in [-0.25, -0.2) is 0 Å². The number of aliphatic hydroxyl groups excluding tert-OH is 1. The standard InChI is InChI=1S/C28H41NO2/c1-10-12-13-14-20(3)23(6)21(4)15-16-26-27(24(7)30)25(19-28(8,9)31-26)22(5)17-18-29-11-2/h11,16-20,23,30H,5,7,10,12-14H2,1-4,6,8-9H3/b18-17-,29-11?. The molecule has 0 fully saturated rings. The van der Waals surface area contributed by atoms with Gasteiger partial charge in [0.05, 0.1) is 5.57 Å². The Kier molecular flexibility index (Phi) is 10.6. The molecule has 2 unspecified atom stereocenters. The number of hydrogen-bond acceptors (Lipinski definition) is 3. The SMILES string of the molecule is C=C(O)C1=C(C=C=C(C)C(C)C(C)CCCCC)OC(C)(C)C=C1C(=C)/C=C\N=CC. The van der Waals surface area contributed by atoms with E-state index in [1.807, 2.05) is 39.0 Å². The van der Waals surface area contributed by atoms with Crippen molar-refractivity contribution in [2.75, 3.05) is 0 Å². The Morgan fingerprint density at radius 2 is 1.97 bits per heavy atom. The first-order valence-corrected chi connectivity index (χ1v) is 11.4. The molecule has 3 heteroatoms. The Morgan fingerprint density at radius 3 is 2.55 bits per heavy atom. The first kappa shape index (κ1) is 26.5. The molecule has 0 amide bonds. The van der Waals surface area contributed by atoms with Gasteiger partial charge in [-0.05, 0) is 68.4 Å². The number of rotatable bonds is 11. The maximum atomic E-state index is 10.4. The Morgan fingerprint density at radius 1 is 1.29 bits per heavy atom. The fourth-order valence-electron chi connectivity index (χ4n) is 3.58. The molecule has 0 aliphatic carbocycles. The summed E-state index contributed by atoms with van der Waals surface area (Å²) >= 11 is 0. The molecule has 1 N–H and O–H groups in total. The largest absolute Gasteiger partial charge is 0.508 e. The van der Waals surface area contributed by atoms with Gasteiger partial charge in [0, 0.05) is 18.5 Å². The molecule has 1 aliphatic rings. The smallest absolute Gasteiger partial charge is 0.139 e. The lowest BCUT2D eigenvalue weighted by atomic mass is 9.86. The number of allylic oxidation sites excluding steroid dienone is 4. The molecule has 0 spiro atoms. The van der Waals surface area contributed by atoms with Crippen molar-refractivity contribution in [2.24, 2.45) is 16.8 Å². The summed E-state index contributed by atoms with van der Waals surface area (Å²) in [5.41, 5.74) is 6.10. The molecule has 3 nitrogen and oxygen atoms in total. The third-order valence-electron chi connectivity index (χ3n) is 5.76. The van der Waals surface area contributed by atoms with Crippen molar-refractivity contribution in [2.45, 2.75) is 79.8 Å². The molecule has 1 aliphatic heterocycles. The van der Waals surface area contributed by atoms with E-state index in [1.165, 1.54) is 31.3 Å². The summed E-state index contributed by atoms with van der Waals surface area (Å²) in [5, 5.41) is 10.4. The van der Waals surface area contributed by atoms with E-state index in [0.717, 1.165) is 11.1 Å². The second-order valence-corrected chi connectivity index (χ2v) is 8.93. The maximum Gasteiger partial charge on any atom is 0.139 e. The van der Waals surface area contributed by atoms with Crippen LogP contribution in [0.25, 0.3) is 0 Å². The van der Waals surface area contributed by atoms with Crippen molar-refractivity contribution in [3.05, 3.63) is 77.1 Å². The molecule has 0 aromatic rings.